The Hall–Kier alpha value is 0.947. The molecule has 0 N–H and O–H groups in total. The second-order valence-corrected chi connectivity index (χ2v) is 4.72. The zero-order valence-corrected chi connectivity index (χ0v) is 9.28. The van der Waals surface area contributed by atoms with Gasteiger partial charge in [-0.05, 0) is 10.8 Å². The Morgan fingerprint density at radius 1 is 1.22 bits per heavy atom. The summed E-state index contributed by atoms with van der Waals surface area (Å²) >= 11 is 2.45. The van der Waals surface area contributed by atoms with Crippen LogP contribution in [-0.4, -0.2) is 13.9 Å². The molecule has 0 unspecified atom stereocenters. The zero-order chi connectivity index (χ0) is 6.95. The van der Waals surface area contributed by atoms with Gasteiger partial charge in [0.05, 0.1) is 0 Å². The highest BCUT2D eigenvalue weighted by atomic mass is 127. The molecule has 0 nitrogen and oxygen atoms in total. The zero-order valence-electron chi connectivity index (χ0n) is 6.12. The lowest BCUT2D eigenvalue weighted by molar-refractivity contribution is 0.875. The average Bonchev–Trinajstić information content (AvgIpc) is 1.89. The van der Waals surface area contributed by atoms with E-state index in [1.54, 1.807) is 0 Å². The maximum Gasteiger partial charge on any atom is 0.0378 e. The minimum atomic E-state index is 1.24. The Balaban J connectivity index is 2.60. The molecule has 54 valence electrons. The van der Waals surface area contributed by atoms with Crippen molar-refractivity contribution in [1.82, 2.24) is 0 Å². The first-order valence-corrected chi connectivity index (χ1v) is 6.62. The van der Waals surface area contributed by atoms with E-state index in [-0.39, 0.29) is 0 Å². The summed E-state index contributed by atoms with van der Waals surface area (Å²) in [6.45, 7) is 2.27. The molecule has 0 aliphatic carbocycles. The van der Waals surface area contributed by atoms with Crippen molar-refractivity contribution in [2.45, 2.75) is 38.3 Å². The standard InChI is InChI=1S/C7H15ISi/c1-2-3-6-9-7-4-5-8/h2-7H2,1H3. The molecule has 0 aliphatic heterocycles. The van der Waals surface area contributed by atoms with Crippen molar-refractivity contribution in [2.24, 2.45) is 0 Å². The summed E-state index contributed by atoms with van der Waals surface area (Å²) in [6.07, 6.45) is 4.25. The van der Waals surface area contributed by atoms with Crippen LogP contribution in [0.2, 0.25) is 12.1 Å². The summed E-state index contributed by atoms with van der Waals surface area (Å²) in [5.74, 6) is 0. The molecule has 2 radical (unpaired) electrons. The first-order chi connectivity index (χ1) is 4.41. The second-order valence-electron chi connectivity index (χ2n) is 2.15. The van der Waals surface area contributed by atoms with Crippen molar-refractivity contribution in [3.05, 3.63) is 0 Å². The SMILES string of the molecule is CCCC[Si]CCCI. The Morgan fingerprint density at radius 3 is 2.44 bits per heavy atom. The van der Waals surface area contributed by atoms with Gasteiger partial charge < -0.3 is 0 Å². The van der Waals surface area contributed by atoms with Crippen LogP contribution in [0.4, 0.5) is 0 Å². The van der Waals surface area contributed by atoms with Crippen molar-refractivity contribution in [2.75, 3.05) is 4.43 Å². The molecule has 0 bridgehead atoms. The molecule has 0 aromatic carbocycles. The van der Waals surface area contributed by atoms with Gasteiger partial charge in [-0.15, -0.1) is 0 Å². The Bertz CT molecular complexity index is 42.2. The van der Waals surface area contributed by atoms with Crippen molar-refractivity contribution in [3.63, 3.8) is 0 Å². The van der Waals surface area contributed by atoms with Crippen LogP contribution >= 0.6 is 22.6 Å². The van der Waals surface area contributed by atoms with Crippen LogP contribution in [0.3, 0.4) is 0 Å². The fourth-order valence-electron chi connectivity index (χ4n) is 0.619. The van der Waals surface area contributed by atoms with E-state index in [4.69, 9.17) is 0 Å². The largest absolute Gasteiger partial charge is 0.0864 e. The molecule has 0 spiro atoms. The van der Waals surface area contributed by atoms with E-state index in [0.717, 1.165) is 0 Å². The van der Waals surface area contributed by atoms with Crippen molar-refractivity contribution in [1.29, 1.82) is 0 Å². The van der Waals surface area contributed by atoms with Crippen LogP contribution in [0, 0.1) is 0 Å². The topological polar surface area (TPSA) is 0 Å². The van der Waals surface area contributed by atoms with E-state index in [1.165, 1.54) is 45.3 Å². The fraction of sp³-hybridized carbons (Fsp3) is 1.00. The number of hydrogen-bond acceptors (Lipinski definition) is 0. The van der Waals surface area contributed by atoms with E-state index in [9.17, 15) is 0 Å². The third kappa shape index (κ3) is 8.95. The van der Waals surface area contributed by atoms with Crippen LogP contribution in [-0.2, 0) is 0 Å². The van der Waals surface area contributed by atoms with Crippen LogP contribution in [0.25, 0.3) is 0 Å². The third-order valence-corrected chi connectivity index (χ3v) is 3.37. The van der Waals surface area contributed by atoms with Gasteiger partial charge in [-0.1, -0.05) is 54.4 Å². The smallest absolute Gasteiger partial charge is 0.0378 e. The summed E-state index contributed by atoms with van der Waals surface area (Å²) < 4.78 is 1.34. The van der Waals surface area contributed by atoms with Crippen LogP contribution in [0.1, 0.15) is 26.2 Å². The number of alkyl halides is 1. The number of unbranched alkanes of at least 4 members (excludes halogenated alkanes) is 1. The molecule has 0 aromatic heterocycles. The summed E-state index contributed by atoms with van der Waals surface area (Å²) in [5.41, 5.74) is 0. The van der Waals surface area contributed by atoms with E-state index in [0.29, 0.717) is 0 Å². The van der Waals surface area contributed by atoms with Gasteiger partial charge in [-0.3, -0.25) is 0 Å². The van der Waals surface area contributed by atoms with Crippen LogP contribution < -0.4 is 0 Å². The van der Waals surface area contributed by atoms with E-state index in [2.05, 4.69) is 29.5 Å². The Labute approximate surface area is 74.8 Å². The first-order valence-electron chi connectivity index (χ1n) is 3.68. The molecule has 0 atom stereocenters. The highest BCUT2D eigenvalue weighted by Crippen LogP contribution is 2.00. The Morgan fingerprint density at radius 2 is 1.89 bits per heavy atom. The first kappa shape index (κ1) is 9.95. The van der Waals surface area contributed by atoms with Gasteiger partial charge in [0.25, 0.3) is 0 Å². The molecule has 0 amide bonds. The molecule has 2 heteroatoms. The highest BCUT2D eigenvalue weighted by Gasteiger charge is 1.87. The number of rotatable bonds is 6. The molecule has 9 heavy (non-hydrogen) atoms. The molecular formula is C7H15ISi. The molecule has 0 aromatic rings. The lowest BCUT2D eigenvalue weighted by atomic mass is 10.4. The minimum absolute atomic E-state index is 1.24. The normalized spacial score (nSPS) is 10.0. The predicted molar refractivity (Wildman–Crippen MR) is 53.8 cm³/mol. The predicted octanol–water partition coefficient (Wildman–Crippen LogP) is 3.15. The fourth-order valence-corrected chi connectivity index (χ4v) is 3.00. The van der Waals surface area contributed by atoms with Gasteiger partial charge in [-0.25, -0.2) is 0 Å². The quantitative estimate of drug-likeness (QED) is 0.295. The van der Waals surface area contributed by atoms with Gasteiger partial charge >= 0.3 is 0 Å². The van der Waals surface area contributed by atoms with E-state index in [1.807, 2.05) is 0 Å². The van der Waals surface area contributed by atoms with Crippen molar-refractivity contribution in [3.8, 4) is 0 Å². The number of halogens is 1. The molecule has 0 saturated carbocycles. The van der Waals surface area contributed by atoms with Crippen LogP contribution in [0.5, 0.6) is 0 Å². The van der Waals surface area contributed by atoms with Gasteiger partial charge in [0.15, 0.2) is 0 Å². The molecule has 0 aliphatic rings. The summed E-state index contributed by atoms with van der Waals surface area (Å²) in [7, 11) is 1.24. The maximum atomic E-state index is 2.45. The highest BCUT2D eigenvalue weighted by molar-refractivity contribution is 14.1. The summed E-state index contributed by atoms with van der Waals surface area (Å²) in [4.78, 5) is 0. The lowest BCUT2D eigenvalue weighted by Crippen LogP contribution is -1.88. The molecule has 0 rings (SSSR count). The maximum absolute atomic E-state index is 2.45. The van der Waals surface area contributed by atoms with E-state index < -0.39 is 0 Å². The van der Waals surface area contributed by atoms with Gasteiger partial charge in [0.1, 0.15) is 0 Å². The van der Waals surface area contributed by atoms with Gasteiger partial charge in [0.2, 0.25) is 0 Å². The third-order valence-electron chi connectivity index (χ3n) is 1.19. The monoisotopic (exact) mass is 254 g/mol. The van der Waals surface area contributed by atoms with Crippen molar-refractivity contribution >= 4 is 32.1 Å². The van der Waals surface area contributed by atoms with E-state index >= 15 is 0 Å². The van der Waals surface area contributed by atoms with Gasteiger partial charge in [-0.2, -0.15) is 0 Å². The second kappa shape index (κ2) is 8.95. The summed E-state index contributed by atoms with van der Waals surface area (Å²) in [5, 5.41) is 0. The minimum Gasteiger partial charge on any atom is -0.0864 e. The Kier molecular flexibility index (Phi) is 9.89. The molecule has 0 fully saturated rings. The average molecular weight is 254 g/mol. The summed E-state index contributed by atoms with van der Waals surface area (Å²) in [6, 6.07) is 2.95. The lowest BCUT2D eigenvalue weighted by Gasteiger charge is -1.94. The number of hydrogen-bond donors (Lipinski definition) is 0. The molecule has 0 heterocycles. The van der Waals surface area contributed by atoms with Crippen molar-refractivity contribution < 1.29 is 0 Å². The van der Waals surface area contributed by atoms with Gasteiger partial charge in [0, 0.05) is 9.52 Å². The molecular weight excluding hydrogens is 239 g/mol. The van der Waals surface area contributed by atoms with Crippen LogP contribution in [0.15, 0.2) is 0 Å². The molecule has 0 saturated heterocycles.